The second-order valence-electron chi connectivity index (χ2n) is 12.2. The van der Waals surface area contributed by atoms with Crippen LogP contribution in [-0.4, -0.2) is 94.9 Å². The molecule has 3 heterocycles. The van der Waals surface area contributed by atoms with Crippen LogP contribution in [0.5, 0.6) is 0 Å². The number of hydrogen-bond acceptors (Lipinski definition) is 13. The fraction of sp³-hybridized carbons (Fsp3) is 0.250. The van der Waals surface area contributed by atoms with E-state index < -0.39 is 31.1 Å². The molecule has 1 fully saturated rings. The number of benzene rings is 3. The smallest absolute Gasteiger partial charge is 0.228 e. The highest BCUT2D eigenvalue weighted by atomic mass is 32.1. The third-order valence-corrected chi connectivity index (χ3v) is 8.70. The van der Waals surface area contributed by atoms with E-state index in [1.54, 1.807) is 48.5 Å². The summed E-state index contributed by atoms with van der Waals surface area (Å²) in [6.07, 6.45) is -1.37. The van der Waals surface area contributed by atoms with Gasteiger partial charge in [0.15, 0.2) is 28.3 Å². The van der Waals surface area contributed by atoms with Gasteiger partial charge in [0.2, 0.25) is 11.8 Å². The normalized spacial score (nSPS) is 17.7. The number of ether oxygens (including phenoxy) is 1. The largest absolute Gasteiger partial charge is 0.394 e. The Hall–Kier alpha value is -5.72. The van der Waals surface area contributed by atoms with Crippen molar-refractivity contribution in [2.45, 2.75) is 37.4 Å². The van der Waals surface area contributed by atoms with Crippen LogP contribution in [0.15, 0.2) is 90.4 Å². The number of anilines is 4. The van der Waals surface area contributed by atoms with E-state index in [1.165, 1.54) is 17.2 Å². The molecule has 1 saturated heterocycles. The van der Waals surface area contributed by atoms with Crippen LogP contribution in [0.4, 0.5) is 28.6 Å². The van der Waals surface area contributed by atoms with Crippen molar-refractivity contribution in [2.75, 3.05) is 35.6 Å². The Morgan fingerprint density at radius 3 is 2.11 bits per heavy atom. The molecule has 8 N–H and O–H groups in total. The van der Waals surface area contributed by atoms with Crippen LogP contribution in [-0.2, 0) is 27.2 Å². The van der Waals surface area contributed by atoms with Gasteiger partial charge in [0.25, 0.3) is 0 Å². The Morgan fingerprint density at radius 1 is 0.815 bits per heavy atom. The van der Waals surface area contributed by atoms with E-state index in [2.05, 4.69) is 63.9 Å². The maximum atomic E-state index is 12.8. The van der Waals surface area contributed by atoms with Crippen LogP contribution in [0.3, 0.4) is 0 Å². The molecule has 1 unspecified atom stereocenters. The van der Waals surface area contributed by atoms with E-state index in [0.717, 1.165) is 16.8 Å². The van der Waals surface area contributed by atoms with Gasteiger partial charge < -0.3 is 46.6 Å². The number of amides is 2. The van der Waals surface area contributed by atoms with Crippen molar-refractivity contribution in [1.29, 1.82) is 0 Å². The van der Waals surface area contributed by atoms with E-state index in [4.69, 9.17) is 17.0 Å². The average molecular weight is 769 g/mol. The SMILES string of the molecule is O=C(Cc1ccc(NC(=O)Cc2ccc(Nc3ncnc4c3ncn4C3O[C@H](CO)[C@@H](O)[C@H]3O)cc2)cc1)NCCNC(=S)Nc1ccc(N=C=S)cc1. The summed E-state index contributed by atoms with van der Waals surface area (Å²) in [6, 6.07) is 21.6. The first kappa shape index (κ1) is 38.0. The third-order valence-electron chi connectivity index (χ3n) is 8.37. The van der Waals surface area contributed by atoms with E-state index in [1.807, 2.05) is 24.3 Å². The van der Waals surface area contributed by atoms with Gasteiger partial charge in [0.1, 0.15) is 24.6 Å². The molecule has 0 saturated carbocycles. The van der Waals surface area contributed by atoms with Gasteiger partial charge in [-0.1, -0.05) is 24.3 Å². The molecule has 0 radical (unpaired) electrons. The Labute approximate surface area is 319 Å². The molecule has 0 bridgehead atoms. The molecule has 278 valence electrons. The quantitative estimate of drug-likeness (QED) is 0.0463. The van der Waals surface area contributed by atoms with Crippen molar-refractivity contribution in [3.63, 3.8) is 0 Å². The Bertz CT molecular complexity index is 2140. The Kier molecular flexibility index (Phi) is 12.6. The second kappa shape index (κ2) is 17.9. The van der Waals surface area contributed by atoms with Crippen molar-refractivity contribution in [3.8, 4) is 0 Å². The molecule has 2 amide bonds. The standard InChI is InChI=1S/C36H36N10O6S2/c47-17-27-31(50)32(51)35(52-27)46-19-41-30-33(39-18-40-34(30)46)44-25-7-3-22(4-8-25)16-29(49)43-24-5-1-21(2-6-24)15-28(48)37-13-14-38-36(54)45-26-11-9-23(10-12-26)42-20-53/h1-12,18-19,27,31-32,35,47,50-51H,13-17H2,(H,37,48)(H,43,49)(H2,38,45,54)(H,39,40,44)/t27-,31-,32-,35?/m1/s1. The first-order valence-corrected chi connectivity index (χ1v) is 17.6. The number of thiocarbonyl (C=S) groups is 2. The number of rotatable bonds is 14. The van der Waals surface area contributed by atoms with Gasteiger partial charge in [-0.3, -0.25) is 14.2 Å². The fourth-order valence-electron chi connectivity index (χ4n) is 5.65. The van der Waals surface area contributed by atoms with Crippen LogP contribution in [0.25, 0.3) is 11.2 Å². The molecule has 0 aliphatic carbocycles. The summed E-state index contributed by atoms with van der Waals surface area (Å²) < 4.78 is 7.10. The number of aliphatic hydroxyl groups excluding tert-OH is 3. The molecule has 3 aromatic carbocycles. The zero-order valence-corrected chi connectivity index (χ0v) is 30.2. The summed E-state index contributed by atoms with van der Waals surface area (Å²) in [5, 5.41) is 47.8. The predicted molar refractivity (Wildman–Crippen MR) is 209 cm³/mol. The van der Waals surface area contributed by atoms with Gasteiger partial charge in [-0.2, -0.15) is 4.99 Å². The number of carbonyl (C=O) groups excluding carboxylic acids is 2. The topological polar surface area (TPSA) is 220 Å². The summed E-state index contributed by atoms with van der Waals surface area (Å²) in [6.45, 7) is 0.374. The van der Waals surface area contributed by atoms with Gasteiger partial charge in [0.05, 0.1) is 36.6 Å². The molecule has 1 aliphatic rings. The van der Waals surface area contributed by atoms with E-state index in [0.29, 0.717) is 52.2 Å². The number of carbonyl (C=O) groups is 2. The first-order valence-electron chi connectivity index (χ1n) is 16.7. The van der Waals surface area contributed by atoms with Crippen molar-refractivity contribution in [2.24, 2.45) is 4.99 Å². The molecule has 4 atom stereocenters. The van der Waals surface area contributed by atoms with Crippen LogP contribution in [0, 0.1) is 0 Å². The molecule has 16 nitrogen and oxygen atoms in total. The number of isothiocyanates is 1. The number of aliphatic hydroxyl groups is 3. The van der Waals surface area contributed by atoms with Crippen molar-refractivity contribution < 1.29 is 29.6 Å². The number of aromatic nitrogens is 4. The number of hydrogen-bond donors (Lipinski definition) is 8. The van der Waals surface area contributed by atoms with Crippen molar-refractivity contribution in [1.82, 2.24) is 30.2 Å². The van der Waals surface area contributed by atoms with Crippen LogP contribution in [0.2, 0.25) is 0 Å². The minimum Gasteiger partial charge on any atom is -0.394 e. The van der Waals surface area contributed by atoms with Crippen LogP contribution in [0.1, 0.15) is 17.4 Å². The molecular weight excluding hydrogens is 733 g/mol. The summed E-state index contributed by atoms with van der Waals surface area (Å²) in [4.78, 5) is 42.1. The van der Waals surface area contributed by atoms with E-state index in [9.17, 15) is 24.9 Å². The van der Waals surface area contributed by atoms with Crippen LogP contribution < -0.4 is 26.6 Å². The summed E-state index contributed by atoms with van der Waals surface area (Å²) in [5.74, 6) is 0.0569. The lowest BCUT2D eigenvalue weighted by molar-refractivity contribution is -0.120. The number of fused-ring (bicyclic) bond motifs is 1. The lowest BCUT2D eigenvalue weighted by atomic mass is 10.1. The summed E-state index contributed by atoms with van der Waals surface area (Å²) >= 11 is 9.90. The van der Waals surface area contributed by atoms with Gasteiger partial charge >= 0.3 is 0 Å². The minimum absolute atomic E-state index is 0.139. The number of nitrogens with zero attached hydrogens (tertiary/aromatic N) is 5. The number of nitrogens with one attached hydrogen (secondary N) is 5. The van der Waals surface area contributed by atoms with Crippen molar-refractivity contribution >= 4 is 86.3 Å². The second-order valence-corrected chi connectivity index (χ2v) is 12.8. The van der Waals surface area contributed by atoms with E-state index in [-0.39, 0.29) is 24.7 Å². The minimum atomic E-state index is -1.28. The highest BCUT2D eigenvalue weighted by Crippen LogP contribution is 2.32. The zero-order chi connectivity index (χ0) is 38.0. The first-order chi connectivity index (χ1) is 26.2. The maximum absolute atomic E-state index is 12.8. The molecule has 18 heteroatoms. The average Bonchev–Trinajstić information content (AvgIpc) is 3.72. The van der Waals surface area contributed by atoms with Crippen molar-refractivity contribution in [3.05, 3.63) is 96.6 Å². The molecular formula is C36H36N10O6S2. The lowest BCUT2D eigenvalue weighted by Gasteiger charge is -2.16. The lowest BCUT2D eigenvalue weighted by Crippen LogP contribution is -2.37. The van der Waals surface area contributed by atoms with Crippen LogP contribution >= 0.6 is 24.4 Å². The van der Waals surface area contributed by atoms with Gasteiger partial charge in [-0.25, -0.2) is 15.0 Å². The highest BCUT2D eigenvalue weighted by molar-refractivity contribution is 7.80. The molecule has 2 aromatic heterocycles. The highest BCUT2D eigenvalue weighted by Gasteiger charge is 2.44. The molecule has 5 aromatic rings. The molecule has 6 rings (SSSR count). The molecule has 54 heavy (non-hydrogen) atoms. The number of aliphatic imine (C=N–C) groups is 1. The molecule has 0 spiro atoms. The van der Waals surface area contributed by atoms with Gasteiger partial charge in [-0.05, 0) is 84.1 Å². The Balaban J connectivity index is 0.922. The van der Waals surface area contributed by atoms with E-state index >= 15 is 0 Å². The monoisotopic (exact) mass is 768 g/mol. The summed E-state index contributed by atoms with van der Waals surface area (Å²) in [5.41, 5.74) is 5.14. The molecule has 1 aliphatic heterocycles. The number of imidazole rings is 1. The zero-order valence-electron chi connectivity index (χ0n) is 28.5. The predicted octanol–water partition coefficient (Wildman–Crippen LogP) is 2.74. The fourth-order valence-corrected chi connectivity index (χ4v) is 5.98. The van der Waals surface area contributed by atoms with Gasteiger partial charge in [0, 0.05) is 30.2 Å². The maximum Gasteiger partial charge on any atom is 0.228 e. The third kappa shape index (κ3) is 9.63. The Morgan fingerprint density at radius 2 is 1.44 bits per heavy atom. The van der Waals surface area contributed by atoms with Gasteiger partial charge in [-0.15, -0.1) is 0 Å². The summed E-state index contributed by atoms with van der Waals surface area (Å²) in [7, 11) is 0.